The highest BCUT2D eigenvalue weighted by molar-refractivity contribution is 5.96. The summed E-state index contributed by atoms with van der Waals surface area (Å²) in [4.78, 5) is 26.0. The third-order valence-electron chi connectivity index (χ3n) is 3.67. The van der Waals surface area contributed by atoms with Crippen molar-refractivity contribution in [3.8, 4) is 11.5 Å². The van der Waals surface area contributed by atoms with Crippen LogP contribution in [0.5, 0.6) is 11.5 Å². The Morgan fingerprint density at radius 3 is 2.18 bits per heavy atom. The summed E-state index contributed by atoms with van der Waals surface area (Å²) in [6.45, 7) is 1.20. The minimum absolute atomic E-state index is 0.165. The second kappa shape index (κ2) is 7.68. The molecule has 0 N–H and O–H groups in total. The van der Waals surface area contributed by atoms with E-state index in [1.165, 1.54) is 14.2 Å². The average Bonchev–Trinajstić information content (AvgIpc) is 2.59. The van der Waals surface area contributed by atoms with Gasteiger partial charge in [-0.1, -0.05) is 6.07 Å². The maximum Gasteiger partial charge on any atom is 0.346 e. The Bertz CT molecular complexity index is 515. The third kappa shape index (κ3) is 3.69. The van der Waals surface area contributed by atoms with Crippen molar-refractivity contribution >= 4 is 11.9 Å². The number of hydrogen-bond donors (Lipinski definition) is 0. The van der Waals surface area contributed by atoms with Crippen LogP contribution in [0.15, 0.2) is 18.2 Å². The topological polar surface area (TPSA) is 65.1 Å². The van der Waals surface area contributed by atoms with Crippen LogP contribution in [0.25, 0.3) is 0 Å². The zero-order valence-electron chi connectivity index (χ0n) is 13.0. The van der Waals surface area contributed by atoms with Gasteiger partial charge in [-0.3, -0.25) is 4.79 Å². The molecule has 1 saturated heterocycles. The molecular formula is C16H21NO5. The van der Waals surface area contributed by atoms with Crippen LogP contribution in [0.3, 0.4) is 0 Å². The zero-order chi connectivity index (χ0) is 15.9. The molecule has 6 nitrogen and oxygen atoms in total. The van der Waals surface area contributed by atoms with Crippen molar-refractivity contribution in [2.24, 2.45) is 0 Å². The predicted molar refractivity (Wildman–Crippen MR) is 80.3 cm³/mol. The van der Waals surface area contributed by atoms with E-state index in [1.807, 2.05) is 0 Å². The van der Waals surface area contributed by atoms with E-state index in [9.17, 15) is 9.59 Å². The standard InChI is InChI=1S/C16H21NO5/c1-20-12-7-6-8-13(21-2)15(12)16(19)22-11-14(18)17-9-4-3-5-10-17/h6-8H,3-5,9-11H2,1-2H3. The molecular weight excluding hydrogens is 286 g/mol. The van der Waals surface area contributed by atoms with E-state index in [1.54, 1.807) is 23.1 Å². The van der Waals surface area contributed by atoms with Crippen LogP contribution < -0.4 is 9.47 Å². The van der Waals surface area contributed by atoms with Gasteiger partial charge in [-0.05, 0) is 31.4 Å². The average molecular weight is 307 g/mol. The maximum absolute atomic E-state index is 12.2. The van der Waals surface area contributed by atoms with Gasteiger partial charge in [0, 0.05) is 13.1 Å². The third-order valence-corrected chi connectivity index (χ3v) is 3.67. The van der Waals surface area contributed by atoms with Crippen LogP contribution in [0, 0.1) is 0 Å². The second-order valence-electron chi connectivity index (χ2n) is 5.06. The molecule has 0 radical (unpaired) electrons. The van der Waals surface area contributed by atoms with Crippen molar-refractivity contribution in [3.63, 3.8) is 0 Å². The molecule has 0 unspecified atom stereocenters. The first kappa shape index (κ1) is 16.1. The lowest BCUT2D eigenvalue weighted by molar-refractivity contribution is -0.135. The van der Waals surface area contributed by atoms with Gasteiger partial charge in [0.05, 0.1) is 14.2 Å². The Balaban J connectivity index is 2.01. The molecule has 1 aromatic rings. The van der Waals surface area contributed by atoms with Gasteiger partial charge >= 0.3 is 5.97 Å². The van der Waals surface area contributed by atoms with Gasteiger partial charge in [0.25, 0.3) is 5.91 Å². The number of benzene rings is 1. The number of piperidine rings is 1. The lowest BCUT2D eigenvalue weighted by atomic mass is 10.1. The van der Waals surface area contributed by atoms with Crippen molar-refractivity contribution in [2.75, 3.05) is 33.9 Å². The quantitative estimate of drug-likeness (QED) is 0.777. The molecule has 1 aromatic carbocycles. The minimum atomic E-state index is -0.625. The SMILES string of the molecule is COc1cccc(OC)c1C(=O)OCC(=O)N1CCCCC1. The van der Waals surface area contributed by atoms with Gasteiger partial charge < -0.3 is 19.1 Å². The monoisotopic (exact) mass is 307 g/mol. The molecule has 0 saturated carbocycles. The van der Waals surface area contributed by atoms with Gasteiger partial charge in [-0.25, -0.2) is 4.79 Å². The number of likely N-dealkylation sites (tertiary alicyclic amines) is 1. The minimum Gasteiger partial charge on any atom is -0.496 e. The predicted octanol–water partition coefficient (Wildman–Crippen LogP) is 1.87. The fraction of sp³-hybridized carbons (Fsp3) is 0.500. The molecule has 6 heteroatoms. The summed E-state index contributed by atoms with van der Waals surface area (Å²) in [5.74, 6) is -0.0777. The Kier molecular flexibility index (Phi) is 5.63. The lowest BCUT2D eigenvalue weighted by Crippen LogP contribution is -2.38. The maximum atomic E-state index is 12.2. The van der Waals surface area contributed by atoms with E-state index in [0.717, 1.165) is 32.4 Å². The van der Waals surface area contributed by atoms with Gasteiger partial charge in [0.15, 0.2) is 6.61 Å². The molecule has 0 bridgehead atoms. The number of ether oxygens (including phenoxy) is 3. The molecule has 2 rings (SSSR count). The summed E-state index contributed by atoms with van der Waals surface area (Å²) >= 11 is 0. The summed E-state index contributed by atoms with van der Waals surface area (Å²) in [5.41, 5.74) is 0.193. The van der Waals surface area contributed by atoms with Crippen molar-refractivity contribution in [3.05, 3.63) is 23.8 Å². The number of hydrogen-bond acceptors (Lipinski definition) is 5. The highest BCUT2D eigenvalue weighted by Gasteiger charge is 2.22. The number of methoxy groups -OCH3 is 2. The number of carbonyl (C=O) groups excluding carboxylic acids is 2. The van der Waals surface area contributed by atoms with Crippen LogP contribution in [0.4, 0.5) is 0 Å². The van der Waals surface area contributed by atoms with Crippen molar-refractivity contribution in [1.29, 1.82) is 0 Å². The van der Waals surface area contributed by atoms with Gasteiger partial charge in [0.1, 0.15) is 17.1 Å². The molecule has 1 heterocycles. The van der Waals surface area contributed by atoms with Gasteiger partial charge in [0.2, 0.25) is 0 Å². The van der Waals surface area contributed by atoms with Crippen LogP contribution in [-0.4, -0.2) is 50.7 Å². The molecule has 120 valence electrons. The molecule has 22 heavy (non-hydrogen) atoms. The summed E-state index contributed by atoms with van der Waals surface area (Å²) < 4.78 is 15.4. The van der Waals surface area contributed by atoms with E-state index < -0.39 is 5.97 Å². The van der Waals surface area contributed by atoms with Crippen LogP contribution >= 0.6 is 0 Å². The van der Waals surface area contributed by atoms with E-state index >= 15 is 0 Å². The fourth-order valence-electron chi connectivity index (χ4n) is 2.49. The molecule has 0 atom stereocenters. The summed E-state index contributed by atoms with van der Waals surface area (Å²) in [6.07, 6.45) is 3.14. The largest absolute Gasteiger partial charge is 0.496 e. The Labute approximate surface area is 129 Å². The Hall–Kier alpha value is -2.24. The number of amides is 1. The molecule has 0 spiro atoms. The molecule has 0 aliphatic carbocycles. The molecule has 1 amide bonds. The molecule has 1 fully saturated rings. The zero-order valence-corrected chi connectivity index (χ0v) is 13.0. The van der Waals surface area contributed by atoms with Gasteiger partial charge in [-0.15, -0.1) is 0 Å². The Morgan fingerprint density at radius 1 is 1.05 bits per heavy atom. The first-order valence-corrected chi connectivity index (χ1v) is 7.33. The molecule has 1 aliphatic rings. The van der Waals surface area contributed by atoms with Crippen LogP contribution in [0.1, 0.15) is 29.6 Å². The second-order valence-corrected chi connectivity index (χ2v) is 5.06. The highest BCUT2D eigenvalue weighted by Crippen LogP contribution is 2.28. The van der Waals surface area contributed by atoms with Gasteiger partial charge in [-0.2, -0.15) is 0 Å². The van der Waals surface area contributed by atoms with E-state index in [2.05, 4.69) is 0 Å². The molecule has 0 aromatic heterocycles. The summed E-state index contributed by atoms with van der Waals surface area (Å²) in [7, 11) is 2.93. The molecule has 1 aliphatic heterocycles. The summed E-state index contributed by atoms with van der Waals surface area (Å²) in [6, 6.07) is 5.00. The number of esters is 1. The van der Waals surface area contributed by atoms with Crippen LogP contribution in [-0.2, 0) is 9.53 Å². The number of rotatable bonds is 5. The van der Waals surface area contributed by atoms with E-state index in [4.69, 9.17) is 14.2 Å². The van der Waals surface area contributed by atoms with E-state index in [-0.39, 0.29) is 18.1 Å². The first-order chi connectivity index (χ1) is 10.7. The first-order valence-electron chi connectivity index (χ1n) is 7.33. The normalized spacial score (nSPS) is 14.4. The van der Waals surface area contributed by atoms with Crippen molar-refractivity contribution in [1.82, 2.24) is 4.90 Å². The van der Waals surface area contributed by atoms with Crippen molar-refractivity contribution in [2.45, 2.75) is 19.3 Å². The van der Waals surface area contributed by atoms with E-state index in [0.29, 0.717) is 11.5 Å². The smallest absolute Gasteiger partial charge is 0.346 e. The number of nitrogens with zero attached hydrogens (tertiary/aromatic N) is 1. The van der Waals surface area contributed by atoms with Crippen molar-refractivity contribution < 1.29 is 23.8 Å². The summed E-state index contributed by atoms with van der Waals surface area (Å²) in [5, 5.41) is 0. The Morgan fingerprint density at radius 2 is 1.64 bits per heavy atom. The number of carbonyl (C=O) groups is 2. The lowest BCUT2D eigenvalue weighted by Gasteiger charge is -2.26. The fourth-order valence-corrected chi connectivity index (χ4v) is 2.49. The highest BCUT2D eigenvalue weighted by atomic mass is 16.5. The van der Waals surface area contributed by atoms with Crippen LogP contribution in [0.2, 0.25) is 0 Å².